The summed E-state index contributed by atoms with van der Waals surface area (Å²) < 4.78 is 0. The zero-order valence-electron chi connectivity index (χ0n) is 14.5. The number of rotatable bonds is 3. The van der Waals surface area contributed by atoms with Gasteiger partial charge < -0.3 is 20.6 Å². The van der Waals surface area contributed by atoms with Gasteiger partial charge in [-0.3, -0.25) is 9.59 Å². The fraction of sp³-hybridized carbons (Fsp3) is 0.882. The number of nitrogens with one attached hydrogen (secondary N) is 2. The Balaban J connectivity index is 0.00000208. The highest BCUT2D eigenvalue weighted by Crippen LogP contribution is 2.37. The van der Waals surface area contributed by atoms with Crippen LogP contribution in [0.2, 0.25) is 0 Å². The molecule has 1 atom stereocenters. The molecular weight excluding hydrogens is 330 g/mol. The van der Waals surface area contributed by atoms with Crippen molar-refractivity contribution in [3.63, 3.8) is 0 Å². The van der Waals surface area contributed by atoms with Crippen molar-refractivity contribution in [2.24, 2.45) is 0 Å². The lowest BCUT2D eigenvalue weighted by atomic mass is 9.75. The number of piperidine rings is 1. The highest BCUT2D eigenvalue weighted by atomic mass is 35.5. The molecule has 0 unspecified atom stereocenters. The average molecular weight is 360 g/mol. The van der Waals surface area contributed by atoms with Crippen LogP contribution in [0.4, 0.5) is 0 Å². The second kappa shape index (κ2) is 7.58. The predicted molar refractivity (Wildman–Crippen MR) is 94.1 cm³/mol. The van der Waals surface area contributed by atoms with Gasteiger partial charge >= 0.3 is 0 Å². The Hall–Kier alpha value is -0.850. The third kappa shape index (κ3) is 3.16. The van der Waals surface area contributed by atoms with Gasteiger partial charge in [0.1, 0.15) is 11.6 Å². The summed E-state index contributed by atoms with van der Waals surface area (Å²) in [4.78, 5) is 27.9. The van der Waals surface area contributed by atoms with Crippen molar-refractivity contribution in [1.82, 2.24) is 15.5 Å². The van der Waals surface area contributed by atoms with Gasteiger partial charge in [-0.1, -0.05) is 26.2 Å². The Morgan fingerprint density at radius 3 is 2.33 bits per heavy atom. The number of carbonyl (C=O) groups is 2. The number of hydrogen-bond acceptors (Lipinski definition) is 4. The minimum atomic E-state index is -1.08. The minimum absolute atomic E-state index is 0. The van der Waals surface area contributed by atoms with Gasteiger partial charge in [-0.2, -0.15) is 0 Å². The first-order chi connectivity index (χ1) is 11.0. The number of nitrogens with zero attached hydrogens (tertiary/aromatic N) is 1. The van der Waals surface area contributed by atoms with Crippen molar-refractivity contribution in [1.29, 1.82) is 0 Å². The molecule has 6 nitrogen and oxygen atoms in total. The lowest BCUT2D eigenvalue weighted by Gasteiger charge is -2.53. The van der Waals surface area contributed by atoms with Crippen LogP contribution in [0.5, 0.6) is 0 Å². The van der Waals surface area contributed by atoms with Crippen LogP contribution in [0.25, 0.3) is 0 Å². The molecule has 0 aromatic rings. The summed E-state index contributed by atoms with van der Waals surface area (Å²) in [5.41, 5.74) is -1.80. The van der Waals surface area contributed by atoms with Crippen LogP contribution in [0, 0.1) is 0 Å². The van der Waals surface area contributed by atoms with E-state index in [1.807, 2.05) is 6.92 Å². The van der Waals surface area contributed by atoms with E-state index >= 15 is 0 Å². The maximum absolute atomic E-state index is 13.2. The summed E-state index contributed by atoms with van der Waals surface area (Å²) in [6.45, 7) is 4.10. The molecule has 1 spiro atoms. The van der Waals surface area contributed by atoms with Crippen LogP contribution in [0.15, 0.2) is 0 Å². The number of aliphatic hydroxyl groups is 1. The molecule has 0 aromatic carbocycles. The van der Waals surface area contributed by atoms with Gasteiger partial charge in [-0.15, -0.1) is 12.4 Å². The summed E-state index contributed by atoms with van der Waals surface area (Å²) in [5.74, 6) is -0.159. The van der Waals surface area contributed by atoms with Crippen molar-refractivity contribution in [3.05, 3.63) is 0 Å². The molecule has 3 fully saturated rings. The Morgan fingerprint density at radius 1 is 1.12 bits per heavy atom. The Bertz CT molecular complexity index is 474. The van der Waals surface area contributed by atoms with E-state index in [1.54, 1.807) is 4.90 Å². The van der Waals surface area contributed by atoms with Crippen LogP contribution in [-0.4, -0.2) is 58.6 Å². The number of halogens is 1. The molecule has 1 saturated carbocycles. The van der Waals surface area contributed by atoms with Crippen molar-refractivity contribution < 1.29 is 14.7 Å². The molecule has 0 bridgehead atoms. The van der Waals surface area contributed by atoms with Gasteiger partial charge in [0.05, 0.1) is 5.60 Å². The molecule has 0 radical (unpaired) electrons. The van der Waals surface area contributed by atoms with E-state index in [0.717, 1.165) is 38.8 Å². The fourth-order valence-electron chi connectivity index (χ4n) is 4.52. The fourth-order valence-corrected chi connectivity index (χ4v) is 4.52. The molecule has 3 N–H and O–H groups in total. The zero-order chi connectivity index (χ0) is 16.5. The van der Waals surface area contributed by atoms with Gasteiger partial charge in [0.25, 0.3) is 0 Å². The van der Waals surface area contributed by atoms with E-state index in [1.165, 1.54) is 0 Å². The van der Waals surface area contributed by atoms with Crippen LogP contribution in [0.1, 0.15) is 58.3 Å². The quantitative estimate of drug-likeness (QED) is 0.701. The van der Waals surface area contributed by atoms with E-state index < -0.39 is 17.2 Å². The van der Waals surface area contributed by atoms with Gasteiger partial charge in [0.15, 0.2) is 0 Å². The molecule has 2 saturated heterocycles. The summed E-state index contributed by atoms with van der Waals surface area (Å²) in [6.07, 6.45) is 6.23. The molecule has 7 heteroatoms. The van der Waals surface area contributed by atoms with Crippen molar-refractivity contribution in [2.75, 3.05) is 19.6 Å². The van der Waals surface area contributed by atoms with Crippen molar-refractivity contribution >= 4 is 24.2 Å². The maximum Gasteiger partial charge on any atom is 0.249 e. The third-order valence-corrected chi connectivity index (χ3v) is 5.86. The maximum atomic E-state index is 13.2. The SMILES string of the molecule is CCCN1C(=O)[C@@H](C2(O)CCCCC2)NC(=O)C12CCNCC2.Cl. The predicted octanol–water partition coefficient (Wildman–Crippen LogP) is 0.963. The molecule has 3 aliphatic rings. The molecule has 24 heavy (non-hydrogen) atoms. The van der Waals surface area contributed by atoms with Gasteiger partial charge in [-0.05, 0) is 45.2 Å². The monoisotopic (exact) mass is 359 g/mol. The topological polar surface area (TPSA) is 81.7 Å². The van der Waals surface area contributed by atoms with E-state index in [0.29, 0.717) is 32.2 Å². The summed E-state index contributed by atoms with van der Waals surface area (Å²) in [7, 11) is 0. The first-order valence-corrected chi connectivity index (χ1v) is 9.09. The molecule has 2 amide bonds. The molecule has 2 aliphatic heterocycles. The van der Waals surface area contributed by atoms with Crippen LogP contribution in [0.3, 0.4) is 0 Å². The molecule has 2 heterocycles. The smallest absolute Gasteiger partial charge is 0.249 e. The molecule has 3 rings (SSSR count). The number of hydrogen-bond donors (Lipinski definition) is 3. The van der Waals surface area contributed by atoms with Crippen LogP contribution in [-0.2, 0) is 9.59 Å². The lowest BCUT2D eigenvalue weighted by Crippen LogP contribution is -2.76. The van der Waals surface area contributed by atoms with Crippen LogP contribution < -0.4 is 10.6 Å². The minimum Gasteiger partial charge on any atom is -0.387 e. The Labute approximate surface area is 150 Å². The van der Waals surface area contributed by atoms with Gasteiger partial charge in [0, 0.05) is 6.54 Å². The molecule has 1 aliphatic carbocycles. The zero-order valence-corrected chi connectivity index (χ0v) is 15.3. The summed E-state index contributed by atoms with van der Waals surface area (Å²) >= 11 is 0. The normalized spacial score (nSPS) is 29.1. The number of amides is 2. The largest absolute Gasteiger partial charge is 0.387 e. The van der Waals surface area contributed by atoms with E-state index in [4.69, 9.17) is 0 Å². The second-order valence-electron chi connectivity index (χ2n) is 7.34. The van der Waals surface area contributed by atoms with Crippen molar-refractivity contribution in [3.8, 4) is 0 Å². The molecular formula is C17H30ClN3O3. The van der Waals surface area contributed by atoms with Gasteiger partial charge in [-0.25, -0.2) is 0 Å². The third-order valence-electron chi connectivity index (χ3n) is 5.86. The molecule has 138 valence electrons. The van der Waals surface area contributed by atoms with Gasteiger partial charge in [0.2, 0.25) is 11.8 Å². The first kappa shape index (κ1) is 19.5. The number of piperazine rings is 1. The van der Waals surface area contributed by atoms with E-state index in [2.05, 4.69) is 10.6 Å². The summed E-state index contributed by atoms with van der Waals surface area (Å²) in [6, 6.07) is -0.776. The Morgan fingerprint density at radius 2 is 1.75 bits per heavy atom. The average Bonchev–Trinajstić information content (AvgIpc) is 2.57. The van der Waals surface area contributed by atoms with Crippen LogP contribution >= 0.6 is 12.4 Å². The Kier molecular flexibility index (Phi) is 6.15. The highest BCUT2D eigenvalue weighted by Gasteiger charge is 2.57. The molecule has 0 aromatic heterocycles. The lowest BCUT2D eigenvalue weighted by molar-refractivity contribution is -0.169. The number of carbonyl (C=O) groups excluding carboxylic acids is 2. The highest BCUT2D eigenvalue weighted by molar-refractivity contribution is 6.00. The summed E-state index contributed by atoms with van der Waals surface area (Å²) in [5, 5.41) is 17.2. The standard InChI is InChI=1S/C17H29N3O3.ClH/c1-2-12-20-14(21)13(17(23)6-4-3-5-7-17)19-15(22)16(20)8-10-18-11-9-16;/h13,18,23H,2-12H2,1H3,(H,19,22);1H/t13-;/m0./s1. The van der Waals surface area contributed by atoms with E-state index in [-0.39, 0.29) is 24.2 Å². The second-order valence-corrected chi connectivity index (χ2v) is 7.34. The van der Waals surface area contributed by atoms with E-state index in [9.17, 15) is 14.7 Å². The van der Waals surface area contributed by atoms with Crippen molar-refractivity contribution in [2.45, 2.75) is 75.5 Å². The first-order valence-electron chi connectivity index (χ1n) is 9.09.